The van der Waals surface area contributed by atoms with Crippen molar-refractivity contribution in [2.75, 3.05) is 5.32 Å². The summed E-state index contributed by atoms with van der Waals surface area (Å²) in [5.41, 5.74) is 1.53. The van der Waals surface area contributed by atoms with E-state index in [1.54, 1.807) is 18.3 Å². The zero-order chi connectivity index (χ0) is 13.1. The average Bonchev–Trinajstić information content (AvgIpc) is 2.79. The molecular weight excluding hydrogens is 365 g/mol. The first-order valence-corrected chi connectivity index (χ1v) is 6.86. The molecule has 1 aromatic carbocycles. The number of carbonyl (C=O) groups excluding carboxylic acids is 1. The molecule has 2 aromatic rings. The normalized spacial score (nSPS) is 10.4. The van der Waals surface area contributed by atoms with Crippen LogP contribution in [0.5, 0.6) is 0 Å². The predicted molar refractivity (Wildman–Crippen MR) is 80.1 cm³/mol. The quantitative estimate of drug-likeness (QED) is 0.807. The fourth-order valence-corrected chi connectivity index (χ4v) is 2.29. The van der Waals surface area contributed by atoms with Gasteiger partial charge in [0.1, 0.15) is 5.82 Å². The molecule has 1 amide bonds. The SMILES string of the molecule is CCc1cn[nH]c1NC(=O)c1cc(Cl)ccc1I. The van der Waals surface area contributed by atoms with E-state index in [4.69, 9.17) is 11.6 Å². The number of aryl methyl sites for hydroxylation is 1. The lowest BCUT2D eigenvalue weighted by Crippen LogP contribution is -2.14. The summed E-state index contributed by atoms with van der Waals surface area (Å²) in [6, 6.07) is 5.22. The lowest BCUT2D eigenvalue weighted by Gasteiger charge is -2.07. The van der Waals surface area contributed by atoms with Crippen LogP contribution < -0.4 is 5.32 Å². The van der Waals surface area contributed by atoms with Crippen LogP contribution in [0.25, 0.3) is 0 Å². The first kappa shape index (κ1) is 13.4. The molecule has 0 aliphatic rings. The van der Waals surface area contributed by atoms with Crippen molar-refractivity contribution in [1.82, 2.24) is 10.2 Å². The Morgan fingerprint density at radius 2 is 2.33 bits per heavy atom. The topological polar surface area (TPSA) is 57.8 Å². The highest BCUT2D eigenvalue weighted by Gasteiger charge is 2.13. The minimum absolute atomic E-state index is 0.194. The van der Waals surface area contributed by atoms with Gasteiger partial charge in [-0.05, 0) is 47.2 Å². The van der Waals surface area contributed by atoms with Gasteiger partial charge < -0.3 is 5.32 Å². The number of hydrogen-bond donors (Lipinski definition) is 2. The van der Waals surface area contributed by atoms with E-state index >= 15 is 0 Å². The molecule has 18 heavy (non-hydrogen) atoms. The molecule has 0 saturated heterocycles. The summed E-state index contributed by atoms with van der Waals surface area (Å²) >= 11 is 8.00. The molecule has 0 unspecified atom stereocenters. The van der Waals surface area contributed by atoms with Gasteiger partial charge in [-0.15, -0.1) is 0 Å². The summed E-state index contributed by atoms with van der Waals surface area (Å²) in [5.74, 6) is 0.444. The molecule has 1 aromatic heterocycles. The van der Waals surface area contributed by atoms with Gasteiger partial charge in [0.25, 0.3) is 5.91 Å². The second-order valence-corrected chi connectivity index (χ2v) is 5.30. The summed E-state index contributed by atoms with van der Waals surface area (Å²) in [5, 5.41) is 10.0. The molecule has 94 valence electrons. The average molecular weight is 376 g/mol. The third kappa shape index (κ3) is 2.84. The van der Waals surface area contributed by atoms with Crippen molar-refractivity contribution in [3.05, 3.63) is 44.1 Å². The summed E-state index contributed by atoms with van der Waals surface area (Å²) in [6.45, 7) is 2.00. The lowest BCUT2D eigenvalue weighted by atomic mass is 10.2. The Morgan fingerprint density at radius 3 is 3.06 bits per heavy atom. The molecule has 2 rings (SSSR count). The zero-order valence-corrected chi connectivity index (χ0v) is 12.5. The fraction of sp³-hybridized carbons (Fsp3) is 0.167. The molecule has 4 nitrogen and oxygen atoms in total. The number of carbonyl (C=O) groups is 1. The number of anilines is 1. The van der Waals surface area contributed by atoms with Gasteiger partial charge in [0.05, 0.1) is 11.8 Å². The van der Waals surface area contributed by atoms with Gasteiger partial charge in [0.2, 0.25) is 0 Å². The van der Waals surface area contributed by atoms with Crippen molar-refractivity contribution < 1.29 is 4.79 Å². The monoisotopic (exact) mass is 375 g/mol. The van der Waals surface area contributed by atoms with E-state index in [1.807, 2.05) is 13.0 Å². The van der Waals surface area contributed by atoms with Gasteiger partial charge >= 0.3 is 0 Å². The Labute approximate surface area is 123 Å². The molecule has 6 heteroatoms. The maximum atomic E-state index is 12.1. The fourth-order valence-electron chi connectivity index (χ4n) is 1.54. The second-order valence-electron chi connectivity index (χ2n) is 3.70. The first-order valence-electron chi connectivity index (χ1n) is 5.40. The Hall–Kier alpha value is -1.08. The number of hydrogen-bond acceptors (Lipinski definition) is 2. The smallest absolute Gasteiger partial charge is 0.257 e. The molecule has 0 radical (unpaired) electrons. The molecule has 0 saturated carbocycles. The Morgan fingerprint density at radius 1 is 1.56 bits per heavy atom. The van der Waals surface area contributed by atoms with Crippen molar-refractivity contribution in [1.29, 1.82) is 0 Å². The second kappa shape index (κ2) is 5.71. The number of H-pyrrole nitrogens is 1. The molecule has 0 atom stereocenters. The van der Waals surface area contributed by atoms with Crippen LogP contribution in [0.3, 0.4) is 0 Å². The maximum Gasteiger partial charge on any atom is 0.257 e. The third-order valence-corrected chi connectivity index (χ3v) is 3.69. The van der Waals surface area contributed by atoms with E-state index in [1.165, 1.54) is 0 Å². The van der Waals surface area contributed by atoms with Crippen LogP contribution in [-0.4, -0.2) is 16.1 Å². The molecule has 1 heterocycles. The standard InChI is InChI=1S/C12H11ClIN3O/c1-2-7-6-15-17-11(7)16-12(18)9-5-8(13)3-4-10(9)14/h3-6H,2H2,1H3,(H2,15,16,17,18). The third-order valence-electron chi connectivity index (χ3n) is 2.51. The van der Waals surface area contributed by atoms with Crippen LogP contribution in [0, 0.1) is 3.57 Å². The van der Waals surface area contributed by atoms with Crippen LogP contribution in [-0.2, 0) is 6.42 Å². The number of aromatic amines is 1. The number of aromatic nitrogens is 2. The van der Waals surface area contributed by atoms with Crippen molar-refractivity contribution in [3.63, 3.8) is 0 Å². The lowest BCUT2D eigenvalue weighted by molar-refractivity contribution is 0.102. The molecule has 2 N–H and O–H groups in total. The van der Waals surface area contributed by atoms with Crippen LogP contribution >= 0.6 is 34.2 Å². The molecule has 0 aliphatic carbocycles. The summed E-state index contributed by atoms with van der Waals surface area (Å²) in [6.07, 6.45) is 2.51. The van der Waals surface area contributed by atoms with Gasteiger partial charge in [-0.1, -0.05) is 18.5 Å². The maximum absolute atomic E-state index is 12.1. The number of amides is 1. The summed E-state index contributed by atoms with van der Waals surface area (Å²) < 4.78 is 0.854. The molecule has 0 fully saturated rings. The summed E-state index contributed by atoms with van der Waals surface area (Å²) in [4.78, 5) is 12.1. The van der Waals surface area contributed by atoms with Crippen molar-refractivity contribution >= 4 is 45.9 Å². The van der Waals surface area contributed by atoms with Gasteiger partial charge in [-0.25, -0.2) is 0 Å². The van der Waals surface area contributed by atoms with Crippen molar-refractivity contribution in [2.45, 2.75) is 13.3 Å². The molecule has 0 spiro atoms. The highest BCUT2D eigenvalue weighted by Crippen LogP contribution is 2.20. The number of halogens is 2. The molecular formula is C12H11ClIN3O. The Balaban J connectivity index is 2.25. The Kier molecular flexibility index (Phi) is 4.23. The minimum atomic E-state index is -0.194. The van der Waals surface area contributed by atoms with Gasteiger partial charge in [-0.2, -0.15) is 5.10 Å². The van der Waals surface area contributed by atoms with Crippen molar-refractivity contribution in [2.24, 2.45) is 0 Å². The summed E-state index contributed by atoms with van der Waals surface area (Å²) in [7, 11) is 0. The van der Waals surface area contributed by atoms with Crippen LogP contribution in [0.15, 0.2) is 24.4 Å². The predicted octanol–water partition coefficient (Wildman–Crippen LogP) is 3.48. The van der Waals surface area contributed by atoms with Crippen molar-refractivity contribution in [3.8, 4) is 0 Å². The number of nitrogens with zero attached hydrogens (tertiary/aromatic N) is 1. The van der Waals surface area contributed by atoms with E-state index in [9.17, 15) is 4.79 Å². The molecule has 0 bridgehead atoms. The van der Waals surface area contributed by atoms with Crippen LogP contribution in [0.2, 0.25) is 5.02 Å². The Bertz CT molecular complexity index is 582. The number of rotatable bonds is 3. The van der Waals surface area contributed by atoms with Crippen LogP contribution in [0.1, 0.15) is 22.8 Å². The number of benzene rings is 1. The first-order chi connectivity index (χ1) is 8.61. The highest BCUT2D eigenvalue weighted by atomic mass is 127. The molecule has 0 aliphatic heterocycles. The van der Waals surface area contributed by atoms with Crippen LogP contribution in [0.4, 0.5) is 5.82 Å². The van der Waals surface area contributed by atoms with Gasteiger partial charge in [0.15, 0.2) is 0 Å². The van der Waals surface area contributed by atoms with Gasteiger partial charge in [0, 0.05) is 14.2 Å². The largest absolute Gasteiger partial charge is 0.307 e. The van der Waals surface area contributed by atoms with E-state index in [-0.39, 0.29) is 5.91 Å². The number of nitrogens with one attached hydrogen (secondary N) is 2. The minimum Gasteiger partial charge on any atom is -0.307 e. The zero-order valence-electron chi connectivity index (χ0n) is 9.63. The van der Waals surface area contributed by atoms with E-state index < -0.39 is 0 Å². The van der Waals surface area contributed by atoms with E-state index in [0.717, 1.165) is 15.6 Å². The van der Waals surface area contributed by atoms with E-state index in [2.05, 4.69) is 38.1 Å². The van der Waals surface area contributed by atoms with E-state index in [0.29, 0.717) is 16.4 Å². The van der Waals surface area contributed by atoms with Gasteiger partial charge in [-0.3, -0.25) is 9.89 Å². The highest BCUT2D eigenvalue weighted by molar-refractivity contribution is 14.1.